The Labute approximate surface area is 150 Å². The first-order valence-corrected chi connectivity index (χ1v) is 9.43. The smallest absolute Gasteiger partial charge is 0.193 e. The highest BCUT2D eigenvalue weighted by molar-refractivity contribution is 5.92. The molecule has 0 bridgehead atoms. The van der Waals surface area contributed by atoms with Crippen LogP contribution in [0.1, 0.15) is 32.6 Å². The number of anilines is 1. The number of nitrogens with one attached hydrogen (secondary N) is 1. The summed E-state index contributed by atoms with van der Waals surface area (Å²) >= 11 is 0. The summed E-state index contributed by atoms with van der Waals surface area (Å²) in [4.78, 5) is 6.99. The Kier molecular flexibility index (Phi) is 6.39. The Bertz CT molecular complexity index is 583. The number of nitrogens with two attached hydrogens (primary N) is 1. The van der Waals surface area contributed by atoms with Gasteiger partial charge in [-0.3, -0.25) is 4.99 Å². The van der Waals surface area contributed by atoms with Gasteiger partial charge in [-0.05, 0) is 56.9 Å². The Hall–Kier alpha value is -1.95. The molecule has 1 aromatic carbocycles. The van der Waals surface area contributed by atoms with Gasteiger partial charge in [-0.2, -0.15) is 0 Å². The summed E-state index contributed by atoms with van der Waals surface area (Å²) < 4.78 is 11.3. The molecule has 3 N–H and O–H groups in total. The highest BCUT2D eigenvalue weighted by atomic mass is 16.5. The highest BCUT2D eigenvalue weighted by Crippen LogP contribution is 2.32. The van der Waals surface area contributed by atoms with Gasteiger partial charge in [0.15, 0.2) is 17.5 Å². The van der Waals surface area contributed by atoms with E-state index < -0.39 is 0 Å². The minimum absolute atomic E-state index is 0.459. The van der Waals surface area contributed by atoms with Crippen LogP contribution in [-0.2, 0) is 0 Å². The van der Waals surface area contributed by atoms with E-state index in [1.54, 1.807) is 0 Å². The number of aliphatic imine (C=N–C) groups is 1. The Morgan fingerprint density at radius 1 is 1.24 bits per heavy atom. The van der Waals surface area contributed by atoms with Crippen molar-refractivity contribution in [2.45, 2.75) is 32.6 Å². The number of likely N-dealkylation sites (tertiary alicyclic amines) is 1. The molecular formula is C19H30N4O2. The van der Waals surface area contributed by atoms with Crippen molar-refractivity contribution < 1.29 is 9.47 Å². The molecule has 25 heavy (non-hydrogen) atoms. The number of rotatable bonds is 5. The molecule has 0 spiro atoms. The van der Waals surface area contributed by atoms with E-state index in [0.29, 0.717) is 19.2 Å². The van der Waals surface area contributed by atoms with E-state index in [-0.39, 0.29) is 0 Å². The van der Waals surface area contributed by atoms with Crippen LogP contribution < -0.4 is 20.5 Å². The summed E-state index contributed by atoms with van der Waals surface area (Å²) in [5, 5.41) is 3.15. The van der Waals surface area contributed by atoms with Crippen LogP contribution in [0.4, 0.5) is 5.69 Å². The summed E-state index contributed by atoms with van der Waals surface area (Å²) in [6.45, 7) is 7.98. The van der Waals surface area contributed by atoms with Crippen molar-refractivity contribution in [1.29, 1.82) is 0 Å². The molecule has 6 nitrogen and oxygen atoms in total. The van der Waals surface area contributed by atoms with Gasteiger partial charge >= 0.3 is 0 Å². The molecule has 0 saturated carbocycles. The predicted octanol–water partition coefficient (Wildman–Crippen LogP) is 2.70. The van der Waals surface area contributed by atoms with Crippen molar-refractivity contribution in [2.75, 3.05) is 44.7 Å². The van der Waals surface area contributed by atoms with Gasteiger partial charge < -0.3 is 25.4 Å². The summed E-state index contributed by atoms with van der Waals surface area (Å²) in [5.41, 5.74) is 6.91. The zero-order chi connectivity index (χ0) is 17.5. The normalized spacial score (nSPS) is 19.5. The van der Waals surface area contributed by atoms with E-state index in [4.69, 9.17) is 15.2 Å². The lowest BCUT2D eigenvalue weighted by Gasteiger charge is -2.30. The molecule has 0 amide bonds. The van der Waals surface area contributed by atoms with E-state index in [1.165, 1.54) is 25.9 Å². The molecule has 1 aromatic rings. The van der Waals surface area contributed by atoms with Crippen LogP contribution in [0, 0.1) is 5.92 Å². The number of hydrogen-bond acceptors (Lipinski definition) is 4. The Balaban J connectivity index is 1.46. The van der Waals surface area contributed by atoms with Crippen LogP contribution >= 0.6 is 0 Å². The second kappa shape index (κ2) is 8.94. The number of ether oxygens (including phenoxy) is 2. The molecule has 1 saturated heterocycles. The standard InChI is InChI=1S/C19H30N4O2/c1-2-23-10-7-15(8-11-23)6-9-21-19(20)22-16-4-5-17-18(14-16)25-13-3-12-24-17/h4-5,14-15H,2-3,6-13H2,1H3,(H3,20,21,22). The molecule has 2 heterocycles. The van der Waals surface area contributed by atoms with Crippen LogP contribution in [-0.4, -0.2) is 50.3 Å². The third-order valence-corrected chi connectivity index (χ3v) is 4.99. The average molecular weight is 346 g/mol. The summed E-state index contributed by atoms with van der Waals surface area (Å²) in [6, 6.07) is 5.78. The molecule has 0 aromatic heterocycles. The fourth-order valence-corrected chi connectivity index (χ4v) is 3.39. The van der Waals surface area contributed by atoms with E-state index >= 15 is 0 Å². The first kappa shape index (κ1) is 17.9. The zero-order valence-electron chi connectivity index (χ0n) is 15.2. The largest absolute Gasteiger partial charge is 0.490 e. The second-order valence-corrected chi connectivity index (χ2v) is 6.77. The van der Waals surface area contributed by atoms with Gasteiger partial charge in [0.2, 0.25) is 0 Å². The van der Waals surface area contributed by atoms with Gasteiger partial charge in [0.25, 0.3) is 0 Å². The number of piperidine rings is 1. The van der Waals surface area contributed by atoms with Crippen LogP contribution in [0.15, 0.2) is 23.2 Å². The van der Waals surface area contributed by atoms with Gasteiger partial charge in [0.05, 0.1) is 13.2 Å². The number of hydrogen-bond donors (Lipinski definition) is 2. The summed E-state index contributed by atoms with van der Waals surface area (Å²) in [5.74, 6) is 2.79. The van der Waals surface area contributed by atoms with Crippen molar-refractivity contribution >= 4 is 11.6 Å². The Morgan fingerprint density at radius 3 is 2.76 bits per heavy atom. The second-order valence-electron chi connectivity index (χ2n) is 6.77. The van der Waals surface area contributed by atoms with Crippen molar-refractivity contribution in [1.82, 2.24) is 4.90 Å². The van der Waals surface area contributed by atoms with Crippen molar-refractivity contribution in [2.24, 2.45) is 16.6 Å². The quantitative estimate of drug-likeness (QED) is 0.633. The fraction of sp³-hybridized carbons (Fsp3) is 0.632. The SMILES string of the molecule is CCN1CCC(CCN=C(N)Nc2ccc3c(c2)OCCCO3)CC1. The van der Waals surface area contributed by atoms with Crippen LogP contribution in [0.2, 0.25) is 0 Å². The highest BCUT2D eigenvalue weighted by Gasteiger charge is 2.17. The number of fused-ring (bicyclic) bond motifs is 1. The maximum absolute atomic E-state index is 6.03. The maximum atomic E-state index is 6.03. The summed E-state index contributed by atoms with van der Waals surface area (Å²) in [6.07, 6.45) is 4.57. The van der Waals surface area contributed by atoms with E-state index in [0.717, 1.165) is 49.0 Å². The molecule has 2 aliphatic rings. The van der Waals surface area contributed by atoms with E-state index in [9.17, 15) is 0 Å². The lowest BCUT2D eigenvalue weighted by atomic mass is 9.94. The van der Waals surface area contributed by atoms with Gasteiger partial charge in [0.1, 0.15) is 0 Å². The number of guanidine groups is 1. The van der Waals surface area contributed by atoms with Gasteiger partial charge in [-0.1, -0.05) is 6.92 Å². The van der Waals surface area contributed by atoms with Crippen LogP contribution in [0.3, 0.4) is 0 Å². The Morgan fingerprint density at radius 2 is 2.00 bits per heavy atom. The lowest BCUT2D eigenvalue weighted by Crippen LogP contribution is -2.33. The minimum Gasteiger partial charge on any atom is -0.490 e. The van der Waals surface area contributed by atoms with Gasteiger partial charge in [-0.25, -0.2) is 0 Å². The average Bonchev–Trinajstić information content (AvgIpc) is 2.87. The third-order valence-electron chi connectivity index (χ3n) is 4.99. The first-order valence-electron chi connectivity index (χ1n) is 9.43. The van der Waals surface area contributed by atoms with Crippen molar-refractivity contribution in [3.8, 4) is 11.5 Å². The molecule has 3 rings (SSSR count). The van der Waals surface area contributed by atoms with Crippen molar-refractivity contribution in [3.05, 3.63) is 18.2 Å². The molecule has 6 heteroatoms. The topological polar surface area (TPSA) is 72.1 Å². The molecular weight excluding hydrogens is 316 g/mol. The third kappa shape index (κ3) is 5.26. The summed E-state index contributed by atoms with van der Waals surface area (Å²) in [7, 11) is 0. The molecule has 0 aliphatic carbocycles. The minimum atomic E-state index is 0.459. The van der Waals surface area contributed by atoms with Crippen molar-refractivity contribution in [3.63, 3.8) is 0 Å². The zero-order valence-corrected chi connectivity index (χ0v) is 15.2. The first-order chi connectivity index (χ1) is 12.2. The molecule has 138 valence electrons. The number of benzene rings is 1. The fourth-order valence-electron chi connectivity index (χ4n) is 3.39. The monoisotopic (exact) mass is 346 g/mol. The molecule has 2 aliphatic heterocycles. The molecule has 0 radical (unpaired) electrons. The molecule has 0 unspecified atom stereocenters. The lowest BCUT2D eigenvalue weighted by molar-refractivity contribution is 0.188. The van der Waals surface area contributed by atoms with E-state index in [1.807, 2.05) is 18.2 Å². The molecule has 1 fully saturated rings. The van der Waals surface area contributed by atoms with Crippen LogP contribution in [0.25, 0.3) is 0 Å². The number of nitrogens with zero attached hydrogens (tertiary/aromatic N) is 2. The van der Waals surface area contributed by atoms with E-state index in [2.05, 4.69) is 22.1 Å². The maximum Gasteiger partial charge on any atom is 0.193 e. The van der Waals surface area contributed by atoms with Gasteiger partial charge in [-0.15, -0.1) is 0 Å². The van der Waals surface area contributed by atoms with Crippen LogP contribution in [0.5, 0.6) is 11.5 Å². The molecule has 0 atom stereocenters. The van der Waals surface area contributed by atoms with Gasteiger partial charge in [0, 0.05) is 24.7 Å². The predicted molar refractivity (Wildman–Crippen MR) is 102 cm³/mol.